The second kappa shape index (κ2) is 5.85. The third kappa shape index (κ3) is 2.83. The van der Waals surface area contributed by atoms with E-state index in [1.54, 1.807) is 0 Å². The molecular weight excluding hydrogens is 310 g/mol. The maximum Gasteiger partial charge on any atom is 0.237 e. The van der Waals surface area contributed by atoms with Crippen molar-refractivity contribution in [3.05, 3.63) is 60.1 Å². The summed E-state index contributed by atoms with van der Waals surface area (Å²) >= 11 is 1.51. The molecule has 0 aliphatic carbocycles. The molecule has 0 spiro atoms. The normalized spacial score (nSPS) is 11.2. The topological polar surface area (TPSA) is 69.1 Å². The molecule has 0 unspecified atom stereocenters. The maximum absolute atomic E-state index is 5.32. The van der Waals surface area contributed by atoms with Crippen molar-refractivity contribution in [2.45, 2.75) is 17.8 Å². The first-order valence-electron chi connectivity index (χ1n) is 7.12. The maximum atomic E-state index is 5.32. The Kier molecular flexibility index (Phi) is 3.55. The third-order valence-corrected chi connectivity index (χ3v) is 4.31. The van der Waals surface area contributed by atoms with E-state index in [2.05, 4.69) is 20.3 Å². The molecule has 0 radical (unpaired) electrons. The number of thioether (sulfide) groups is 1. The summed E-state index contributed by atoms with van der Waals surface area (Å²) < 4.78 is 7.25. The fraction of sp³-hybridized carbons (Fsp3) is 0.125. The number of hydrogen-bond donors (Lipinski definition) is 0. The molecule has 0 bridgehead atoms. The van der Waals surface area contributed by atoms with Gasteiger partial charge in [-0.25, -0.2) is 0 Å². The zero-order valence-corrected chi connectivity index (χ0v) is 13.2. The minimum Gasteiger partial charge on any atom is -0.338 e. The van der Waals surface area contributed by atoms with Gasteiger partial charge < -0.3 is 4.52 Å². The minimum absolute atomic E-state index is 0.550. The lowest BCUT2D eigenvalue weighted by Gasteiger charge is -1.96. The van der Waals surface area contributed by atoms with Crippen LogP contribution < -0.4 is 0 Å². The molecule has 0 fully saturated rings. The molecule has 0 aliphatic rings. The average molecular weight is 323 g/mol. The monoisotopic (exact) mass is 323 g/mol. The largest absolute Gasteiger partial charge is 0.338 e. The van der Waals surface area contributed by atoms with Crippen molar-refractivity contribution in [2.24, 2.45) is 0 Å². The summed E-state index contributed by atoms with van der Waals surface area (Å²) in [5.74, 6) is 1.72. The predicted octanol–water partition coefficient (Wildman–Crippen LogP) is 3.38. The first-order chi connectivity index (χ1) is 11.3. The Morgan fingerprint density at radius 2 is 1.96 bits per heavy atom. The van der Waals surface area contributed by atoms with Gasteiger partial charge in [0.25, 0.3) is 0 Å². The van der Waals surface area contributed by atoms with Gasteiger partial charge in [-0.1, -0.05) is 52.8 Å². The highest BCUT2D eigenvalue weighted by molar-refractivity contribution is 7.98. The van der Waals surface area contributed by atoms with Gasteiger partial charge in [0, 0.05) is 11.8 Å². The second-order valence-electron chi connectivity index (χ2n) is 5.08. The summed E-state index contributed by atoms with van der Waals surface area (Å²) in [7, 11) is 0. The summed E-state index contributed by atoms with van der Waals surface area (Å²) in [6.07, 6.45) is 1.93. The quantitative estimate of drug-likeness (QED) is 0.536. The van der Waals surface area contributed by atoms with Crippen molar-refractivity contribution in [3.63, 3.8) is 0 Å². The number of hydrogen-bond acceptors (Lipinski definition) is 6. The van der Waals surface area contributed by atoms with Gasteiger partial charge in [0.2, 0.25) is 11.7 Å². The van der Waals surface area contributed by atoms with E-state index < -0.39 is 0 Å². The Hall–Kier alpha value is -2.67. The van der Waals surface area contributed by atoms with Crippen LogP contribution in [0.5, 0.6) is 0 Å². The van der Waals surface area contributed by atoms with E-state index in [4.69, 9.17) is 4.52 Å². The van der Waals surface area contributed by atoms with Crippen LogP contribution in [-0.4, -0.2) is 24.7 Å². The zero-order valence-electron chi connectivity index (χ0n) is 12.4. The van der Waals surface area contributed by atoms with Gasteiger partial charge >= 0.3 is 0 Å². The molecule has 0 amide bonds. The fourth-order valence-corrected chi connectivity index (χ4v) is 2.94. The Morgan fingerprint density at radius 3 is 2.83 bits per heavy atom. The fourth-order valence-electron chi connectivity index (χ4n) is 2.18. The Morgan fingerprint density at radius 1 is 1.09 bits per heavy atom. The molecule has 4 aromatic rings. The number of benzene rings is 1. The summed E-state index contributed by atoms with van der Waals surface area (Å²) in [4.78, 5) is 4.43. The molecule has 4 rings (SSSR count). The van der Waals surface area contributed by atoms with Gasteiger partial charge in [0.05, 0.1) is 5.75 Å². The van der Waals surface area contributed by atoms with Crippen molar-refractivity contribution >= 4 is 17.4 Å². The molecule has 0 atom stereocenters. The molecule has 0 saturated carbocycles. The standard InChI is InChI=1S/C16H13N5OS/c1-11-5-7-12(8-6-11)15-17-14(22-20-15)10-23-16-19-18-13-4-2-3-9-21(13)16/h2-9H,10H2,1H3. The SMILES string of the molecule is Cc1ccc(-c2noc(CSc3nnc4ccccn34)n2)cc1. The number of rotatable bonds is 4. The van der Waals surface area contributed by atoms with E-state index >= 15 is 0 Å². The van der Waals surface area contributed by atoms with Crippen LogP contribution in [0, 0.1) is 6.92 Å². The van der Waals surface area contributed by atoms with Crippen LogP contribution in [0.1, 0.15) is 11.5 Å². The summed E-state index contributed by atoms with van der Waals surface area (Å²) in [5, 5.41) is 13.1. The molecule has 6 nitrogen and oxygen atoms in total. The number of aryl methyl sites for hydroxylation is 1. The smallest absolute Gasteiger partial charge is 0.237 e. The van der Waals surface area contributed by atoms with Crippen molar-refractivity contribution in [1.29, 1.82) is 0 Å². The lowest BCUT2D eigenvalue weighted by molar-refractivity contribution is 0.391. The van der Waals surface area contributed by atoms with Crippen molar-refractivity contribution in [1.82, 2.24) is 24.7 Å². The minimum atomic E-state index is 0.550. The van der Waals surface area contributed by atoms with Gasteiger partial charge in [-0.05, 0) is 19.1 Å². The molecule has 3 heterocycles. The van der Waals surface area contributed by atoms with Gasteiger partial charge in [0.15, 0.2) is 10.8 Å². The number of aromatic nitrogens is 5. The van der Waals surface area contributed by atoms with Crippen LogP contribution in [0.25, 0.3) is 17.0 Å². The van der Waals surface area contributed by atoms with Gasteiger partial charge in [-0.15, -0.1) is 10.2 Å². The molecule has 0 saturated heterocycles. The number of nitrogens with zero attached hydrogens (tertiary/aromatic N) is 5. The molecule has 23 heavy (non-hydrogen) atoms. The zero-order chi connectivity index (χ0) is 15.6. The second-order valence-corrected chi connectivity index (χ2v) is 6.02. The van der Waals surface area contributed by atoms with Crippen LogP contribution in [0.4, 0.5) is 0 Å². The average Bonchev–Trinajstić information content (AvgIpc) is 3.20. The van der Waals surface area contributed by atoms with Crippen LogP contribution in [0.15, 0.2) is 58.3 Å². The lowest BCUT2D eigenvalue weighted by atomic mass is 10.1. The summed E-state index contributed by atoms with van der Waals surface area (Å²) in [6, 6.07) is 13.8. The lowest BCUT2D eigenvalue weighted by Crippen LogP contribution is -1.88. The van der Waals surface area contributed by atoms with Crippen LogP contribution in [0.2, 0.25) is 0 Å². The molecule has 3 aromatic heterocycles. The molecule has 0 N–H and O–H groups in total. The Labute approximate surface area is 136 Å². The van der Waals surface area contributed by atoms with Gasteiger partial charge in [-0.2, -0.15) is 4.98 Å². The van der Waals surface area contributed by atoms with E-state index in [1.807, 2.05) is 60.0 Å². The molecule has 7 heteroatoms. The van der Waals surface area contributed by atoms with Crippen molar-refractivity contribution in [3.8, 4) is 11.4 Å². The predicted molar refractivity (Wildman–Crippen MR) is 87.0 cm³/mol. The van der Waals surface area contributed by atoms with E-state index in [9.17, 15) is 0 Å². The van der Waals surface area contributed by atoms with Crippen LogP contribution in [0.3, 0.4) is 0 Å². The molecule has 0 aliphatic heterocycles. The Balaban J connectivity index is 1.51. The molecular formula is C16H13N5OS. The molecule has 114 valence electrons. The Bertz CT molecular complexity index is 944. The van der Waals surface area contributed by atoms with Gasteiger partial charge in [0.1, 0.15) is 0 Å². The summed E-state index contributed by atoms with van der Waals surface area (Å²) in [6.45, 7) is 2.05. The van der Waals surface area contributed by atoms with E-state index in [0.717, 1.165) is 16.4 Å². The van der Waals surface area contributed by atoms with E-state index in [-0.39, 0.29) is 0 Å². The van der Waals surface area contributed by atoms with Crippen molar-refractivity contribution in [2.75, 3.05) is 0 Å². The van der Waals surface area contributed by atoms with Crippen LogP contribution >= 0.6 is 11.8 Å². The van der Waals surface area contributed by atoms with Crippen LogP contribution in [-0.2, 0) is 5.75 Å². The number of pyridine rings is 1. The van der Waals surface area contributed by atoms with E-state index in [0.29, 0.717) is 17.5 Å². The first-order valence-corrected chi connectivity index (χ1v) is 8.10. The number of fused-ring (bicyclic) bond motifs is 1. The highest BCUT2D eigenvalue weighted by atomic mass is 32.2. The summed E-state index contributed by atoms with van der Waals surface area (Å²) in [5.41, 5.74) is 2.97. The highest BCUT2D eigenvalue weighted by Crippen LogP contribution is 2.23. The van der Waals surface area contributed by atoms with Gasteiger partial charge in [-0.3, -0.25) is 4.40 Å². The molecule has 1 aromatic carbocycles. The third-order valence-electron chi connectivity index (χ3n) is 3.39. The highest BCUT2D eigenvalue weighted by Gasteiger charge is 2.11. The van der Waals surface area contributed by atoms with E-state index in [1.165, 1.54) is 17.3 Å². The first kappa shape index (κ1) is 14.0. The van der Waals surface area contributed by atoms with Crippen molar-refractivity contribution < 1.29 is 4.52 Å².